The molecule has 1 aromatic heterocycles. The molecule has 0 radical (unpaired) electrons. The van der Waals surface area contributed by atoms with E-state index < -0.39 is 0 Å². The Balaban J connectivity index is 2.97. The van der Waals surface area contributed by atoms with E-state index in [1.807, 2.05) is 12.1 Å². The fraction of sp³-hybridized carbons (Fsp3) is 0.182. The Labute approximate surface area is 81.2 Å². The van der Waals surface area contributed by atoms with E-state index in [1.54, 1.807) is 11.3 Å². The lowest BCUT2D eigenvalue weighted by Crippen LogP contribution is -1.79. The van der Waals surface area contributed by atoms with Crippen LogP contribution in [-0.2, 0) is 0 Å². The van der Waals surface area contributed by atoms with Crippen molar-refractivity contribution in [2.75, 3.05) is 0 Å². The Morgan fingerprint density at radius 1 is 1.23 bits per heavy atom. The van der Waals surface area contributed by atoms with Crippen LogP contribution >= 0.6 is 11.3 Å². The fourth-order valence-electron chi connectivity index (χ4n) is 1.59. The first-order valence-corrected chi connectivity index (χ1v) is 4.99. The quantitative estimate of drug-likeness (QED) is 0.620. The molecule has 0 fully saturated rings. The molecule has 2 rings (SSSR count). The molecule has 0 aliphatic rings. The van der Waals surface area contributed by atoms with Gasteiger partial charge in [-0.3, -0.25) is 0 Å². The van der Waals surface area contributed by atoms with Gasteiger partial charge in [0.1, 0.15) is 6.07 Å². The number of nitriles is 1. The highest BCUT2D eigenvalue weighted by molar-refractivity contribution is 7.17. The average molecular weight is 187 g/mol. The van der Waals surface area contributed by atoms with E-state index in [1.165, 1.54) is 16.5 Å². The first-order valence-electron chi connectivity index (χ1n) is 4.11. The topological polar surface area (TPSA) is 23.8 Å². The summed E-state index contributed by atoms with van der Waals surface area (Å²) in [7, 11) is 0. The highest BCUT2D eigenvalue weighted by Gasteiger charge is 2.06. The molecule has 0 bridgehead atoms. The minimum Gasteiger partial charge on any atom is -0.192 e. The van der Waals surface area contributed by atoms with Gasteiger partial charge in [0.2, 0.25) is 0 Å². The van der Waals surface area contributed by atoms with Crippen LogP contribution in [-0.4, -0.2) is 0 Å². The zero-order valence-electron chi connectivity index (χ0n) is 7.59. The van der Waals surface area contributed by atoms with Crippen molar-refractivity contribution in [2.24, 2.45) is 0 Å². The summed E-state index contributed by atoms with van der Waals surface area (Å²) < 4.78 is 1.12. The Hall–Kier alpha value is -1.33. The van der Waals surface area contributed by atoms with E-state index in [0.29, 0.717) is 0 Å². The summed E-state index contributed by atoms with van der Waals surface area (Å²) in [5.74, 6) is 0. The standard InChI is InChI=1S/C11H9NS/c1-7-3-4-9(5-12)11-10(7)8(2)6-13-11/h3-4,6H,1-2H3. The van der Waals surface area contributed by atoms with Gasteiger partial charge in [-0.2, -0.15) is 5.26 Å². The zero-order valence-corrected chi connectivity index (χ0v) is 8.40. The number of benzene rings is 1. The molecule has 2 aromatic rings. The number of aryl methyl sites for hydroxylation is 2. The van der Waals surface area contributed by atoms with Gasteiger partial charge in [0, 0.05) is 0 Å². The van der Waals surface area contributed by atoms with Gasteiger partial charge < -0.3 is 0 Å². The lowest BCUT2D eigenvalue weighted by atomic mass is 10.1. The van der Waals surface area contributed by atoms with Crippen molar-refractivity contribution < 1.29 is 0 Å². The summed E-state index contributed by atoms with van der Waals surface area (Å²) in [6.45, 7) is 4.18. The molecular weight excluding hydrogens is 178 g/mol. The van der Waals surface area contributed by atoms with Gasteiger partial charge in [0.15, 0.2) is 0 Å². The molecule has 2 heteroatoms. The van der Waals surface area contributed by atoms with E-state index >= 15 is 0 Å². The third-order valence-corrected chi connectivity index (χ3v) is 3.37. The van der Waals surface area contributed by atoms with Crippen molar-refractivity contribution in [2.45, 2.75) is 13.8 Å². The number of hydrogen-bond acceptors (Lipinski definition) is 2. The van der Waals surface area contributed by atoms with Crippen LogP contribution < -0.4 is 0 Å². The number of nitrogens with zero attached hydrogens (tertiary/aromatic N) is 1. The Morgan fingerprint density at radius 3 is 2.69 bits per heavy atom. The van der Waals surface area contributed by atoms with Gasteiger partial charge in [-0.25, -0.2) is 0 Å². The van der Waals surface area contributed by atoms with Crippen LogP contribution in [0.3, 0.4) is 0 Å². The third-order valence-electron chi connectivity index (χ3n) is 2.23. The average Bonchev–Trinajstić information content (AvgIpc) is 2.50. The number of rotatable bonds is 0. The lowest BCUT2D eigenvalue weighted by Gasteiger charge is -1.98. The van der Waals surface area contributed by atoms with Crippen molar-refractivity contribution in [1.29, 1.82) is 5.26 Å². The fourth-order valence-corrected chi connectivity index (χ4v) is 2.68. The van der Waals surface area contributed by atoms with Gasteiger partial charge in [0.05, 0.1) is 10.3 Å². The van der Waals surface area contributed by atoms with E-state index in [4.69, 9.17) is 5.26 Å². The van der Waals surface area contributed by atoms with Crippen LogP contribution in [0.4, 0.5) is 0 Å². The monoisotopic (exact) mass is 187 g/mol. The Kier molecular flexibility index (Phi) is 1.82. The molecule has 1 heterocycles. The molecule has 0 spiro atoms. The minimum atomic E-state index is 0.790. The van der Waals surface area contributed by atoms with Gasteiger partial charge in [-0.1, -0.05) is 6.07 Å². The van der Waals surface area contributed by atoms with Gasteiger partial charge in [-0.15, -0.1) is 11.3 Å². The van der Waals surface area contributed by atoms with Crippen molar-refractivity contribution in [3.8, 4) is 6.07 Å². The number of fused-ring (bicyclic) bond motifs is 1. The maximum Gasteiger partial charge on any atom is 0.101 e. The molecular formula is C11H9NS. The van der Waals surface area contributed by atoms with E-state index in [9.17, 15) is 0 Å². The summed E-state index contributed by atoms with van der Waals surface area (Å²) in [4.78, 5) is 0. The molecule has 0 unspecified atom stereocenters. The Bertz CT molecular complexity index is 503. The van der Waals surface area contributed by atoms with Crippen LogP contribution in [0.25, 0.3) is 10.1 Å². The van der Waals surface area contributed by atoms with Crippen molar-refractivity contribution in [1.82, 2.24) is 0 Å². The summed E-state index contributed by atoms with van der Waals surface area (Å²) in [5.41, 5.74) is 3.32. The molecule has 64 valence electrons. The van der Waals surface area contributed by atoms with Gasteiger partial charge in [-0.05, 0) is 41.8 Å². The highest BCUT2D eigenvalue weighted by atomic mass is 32.1. The molecule has 0 saturated carbocycles. The normalized spacial score (nSPS) is 10.2. The number of thiophene rings is 1. The van der Waals surface area contributed by atoms with Crippen LogP contribution in [0.15, 0.2) is 17.5 Å². The van der Waals surface area contributed by atoms with E-state index in [0.717, 1.165) is 10.3 Å². The molecule has 0 saturated heterocycles. The largest absolute Gasteiger partial charge is 0.192 e. The molecule has 0 aliphatic carbocycles. The highest BCUT2D eigenvalue weighted by Crippen LogP contribution is 2.30. The smallest absolute Gasteiger partial charge is 0.101 e. The maximum absolute atomic E-state index is 8.89. The van der Waals surface area contributed by atoms with Gasteiger partial charge in [0.25, 0.3) is 0 Å². The van der Waals surface area contributed by atoms with Crippen molar-refractivity contribution in [3.05, 3.63) is 34.2 Å². The molecule has 1 nitrogen and oxygen atoms in total. The summed E-state index contributed by atoms with van der Waals surface area (Å²) >= 11 is 1.66. The lowest BCUT2D eigenvalue weighted by molar-refractivity contribution is 1.47. The summed E-state index contributed by atoms with van der Waals surface area (Å²) in [6, 6.07) is 6.13. The first-order chi connectivity index (χ1) is 6.24. The minimum absolute atomic E-state index is 0.790. The molecule has 0 aliphatic heterocycles. The Morgan fingerprint density at radius 2 is 2.00 bits per heavy atom. The molecule has 0 atom stereocenters. The second kappa shape index (κ2) is 2.86. The third kappa shape index (κ3) is 1.13. The van der Waals surface area contributed by atoms with Crippen LogP contribution in [0.5, 0.6) is 0 Å². The molecule has 1 aromatic carbocycles. The van der Waals surface area contributed by atoms with E-state index in [-0.39, 0.29) is 0 Å². The second-order valence-electron chi connectivity index (χ2n) is 3.16. The number of hydrogen-bond donors (Lipinski definition) is 0. The first kappa shape index (κ1) is 8.28. The summed E-state index contributed by atoms with van der Waals surface area (Å²) in [5, 5.41) is 12.3. The molecule has 0 amide bonds. The summed E-state index contributed by atoms with van der Waals surface area (Å²) in [6.07, 6.45) is 0. The van der Waals surface area contributed by atoms with Crippen LogP contribution in [0, 0.1) is 25.2 Å². The van der Waals surface area contributed by atoms with Gasteiger partial charge >= 0.3 is 0 Å². The van der Waals surface area contributed by atoms with Crippen molar-refractivity contribution >= 4 is 21.4 Å². The van der Waals surface area contributed by atoms with Crippen LogP contribution in [0.2, 0.25) is 0 Å². The molecule has 13 heavy (non-hydrogen) atoms. The van der Waals surface area contributed by atoms with Crippen LogP contribution in [0.1, 0.15) is 16.7 Å². The maximum atomic E-state index is 8.89. The SMILES string of the molecule is Cc1ccc(C#N)c2scc(C)c12. The van der Waals surface area contributed by atoms with E-state index in [2.05, 4.69) is 25.3 Å². The predicted octanol–water partition coefficient (Wildman–Crippen LogP) is 3.39. The van der Waals surface area contributed by atoms with Crippen molar-refractivity contribution in [3.63, 3.8) is 0 Å². The zero-order chi connectivity index (χ0) is 9.42. The second-order valence-corrected chi connectivity index (χ2v) is 4.04. The molecule has 0 N–H and O–H groups in total. The predicted molar refractivity (Wildman–Crippen MR) is 56.0 cm³/mol.